The van der Waals surface area contributed by atoms with Crippen LogP contribution in [0.1, 0.15) is 32.6 Å². The molecule has 3 saturated heterocycles. The number of nitrogens with zero attached hydrogens (tertiary/aromatic N) is 3. The van der Waals surface area contributed by atoms with Crippen molar-refractivity contribution in [2.75, 3.05) is 45.9 Å². The van der Waals surface area contributed by atoms with Crippen LogP contribution in [-0.4, -0.2) is 84.0 Å². The highest BCUT2D eigenvalue weighted by molar-refractivity contribution is 5.83. The van der Waals surface area contributed by atoms with Crippen molar-refractivity contribution in [2.45, 2.75) is 44.2 Å². The molecule has 0 aromatic heterocycles. The zero-order chi connectivity index (χ0) is 17.2. The van der Waals surface area contributed by atoms with E-state index in [-0.39, 0.29) is 23.5 Å². The predicted octanol–water partition coefficient (Wildman–Crippen LogP) is 0.567. The number of hydrogen-bond donors (Lipinski definition) is 0. The highest BCUT2D eigenvalue weighted by Crippen LogP contribution is 2.42. The van der Waals surface area contributed by atoms with Gasteiger partial charge in [-0.1, -0.05) is 6.92 Å². The summed E-state index contributed by atoms with van der Waals surface area (Å²) in [5, 5.41) is 0. The minimum Gasteiger partial charge on any atom is -0.368 e. The average molecular weight is 347 g/mol. The number of ether oxygens (including phenoxy) is 1. The summed E-state index contributed by atoms with van der Waals surface area (Å²) in [5.74, 6) is 2.13. The summed E-state index contributed by atoms with van der Waals surface area (Å²) < 4.78 is 6.21. The molecule has 6 heteroatoms. The van der Waals surface area contributed by atoms with Crippen LogP contribution in [0.3, 0.4) is 0 Å². The van der Waals surface area contributed by atoms with Crippen LogP contribution in [-0.2, 0) is 14.3 Å². The molecular formula is C19H29N3O3. The van der Waals surface area contributed by atoms with E-state index in [0.29, 0.717) is 31.5 Å². The molecule has 5 rings (SSSR count). The molecule has 1 spiro atoms. The molecular weight excluding hydrogens is 318 g/mol. The molecule has 0 bridgehead atoms. The maximum atomic E-state index is 12.8. The molecule has 3 atom stereocenters. The summed E-state index contributed by atoms with van der Waals surface area (Å²) in [4.78, 5) is 31.5. The van der Waals surface area contributed by atoms with Gasteiger partial charge in [-0.2, -0.15) is 0 Å². The van der Waals surface area contributed by atoms with Crippen LogP contribution in [0.5, 0.6) is 0 Å². The van der Waals surface area contributed by atoms with E-state index in [4.69, 9.17) is 4.74 Å². The molecule has 3 heterocycles. The molecule has 138 valence electrons. The Bertz CT molecular complexity index is 580. The van der Waals surface area contributed by atoms with Crippen LogP contribution < -0.4 is 0 Å². The molecule has 25 heavy (non-hydrogen) atoms. The van der Waals surface area contributed by atoms with E-state index < -0.39 is 0 Å². The molecule has 3 aliphatic heterocycles. The van der Waals surface area contributed by atoms with E-state index in [0.717, 1.165) is 44.9 Å². The van der Waals surface area contributed by atoms with Crippen LogP contribution in [0.2, 0.25) is 0 Å². The predicted molar refractivity (Wildman–Crippen MR) is 91.8 cm³/mol. The minimum atomic E-state index is -0.228. The van der Waals surface area contributed by atoms with E-state index in [1.54, 1.807) is 0 Å². The monoisotopic (exact) mass is 347 g/mol. The number of carbonyl (C=O) groups excluding carboxylic acids is 2. The fraction of sp³-hybridized carbons (Fsp3) is 0.895. The van der Waals surface area contributed by atoms with Gasteiger partial charge in [-0.05, 0) is 37.5 Å². The Morgan fingerprint density at radius 1 is 1.08 bits per heavy atom. The van der Waals surface area contributed by atoms with E-state index in [9.17, 15) is 9.59 Å². The number of amides is 2. The van der Waals surface area contributed by atoms with Gasteiger partial charge in [0.2, 0.25) is 11.8 Å². The zero-order valence-electron chi connectivity index (χ0n) is 15.2. The van der Waals surface area contributed by atoms with Crippen molar-refractivity contribution in [3.63, 3.8) is 0 Å². The van der Waals surface area contributed by atoms with Gasteiger partial charge in [0.25, 0.3) is 0 Å². The Hall–Kier alpha value is -1.14. The lowest BCUT2D eigenvalue weighted by molar-refractivity contribution is -0.208. The molecule has 0 aromatic carbocycles. The van der Waals surface area contributed by atoms with Crippen LogP contribution in [0.15, 0.2) is 0 Å². The molecule has 0 N–H and O–H groups in total. The second kappa shape index (κ2) is 5.68. The Kier molecular flexibility index (Phi) is 3.65. The first-order chi connectivity index (χ1) is 12.0. The molecule has 2 saturated carbocycles. The summed E-state index contributed by atoms with van der Waals surface area (Å²) >= 11 is 0. The summed E-state index contributed by atoms with van der Waals surface area (Å²) in [6, 6.07) is -0.111. The van der Waals surface area contributed by atoms with Crippen LogP contribution in [0.25, 0.3) is 0 Å². The first kappa shape index (κ1) is 16.1. The molecule has 2 aliphatic carbocycles. The molecule has 0 aromatic rings. The maximum absolute atomic E-state index is 12.8. The quantitative estimate of drug-likeness (QED) is 0.746. The van der Waals surface area contributed by atoms with E-state index >= 15 is 0 Å². The number of rotatable bonds is 4. The lowest BCUT2D eigenvalue weighted by atomic mass is 9.89. The van der Waals surface area contributed by atoms with Gasteiger partial charge in [-0.25, -0.2) is 0 Å². The van der Waals surface area contributed by atoms with Crippen molar-refractivity contribution in [2.24, 2.45) is 17.8 Å². The van der Waals surface area contributed by atoms with Crippen molar-refractivity contribution in [1.29, 1.82) is 0 Å². The smallest absolute Gasteiger partial charge is 0.242 e. The van der Waals surface area contributed by atoms with E-state index in [1.807, 2.05) is 9.80 Å². The number of likely N-dealkylation sites (tertiary alicyclic amines) is 2. The van der Waals surface area contributed by atoms with Crippen molar-refractivity contribution in [3.05, 3.63) is 0 Å². The molecule has 5 aliphatic rings. The van der Waals surface area contributed by atoms with Crippen LogP contribution >= 0.6 is 0 Å². The van der Waals surface area contributed by atoms with Gasteiger partial charge in [0.05, 0.1) is 19.7 Å². The highest BCUT2D eigenvalue weighted by Gasteiger charge is 2.55. The van der Waals surface area contributed by atoms with Gasteiger partial charge in [0, 0.05) is 32.1 Å². The van der Waals surface area contributed by atoms with Crippen molar-refractivity contribution in [3.8, 4) is 0 Å². The Morgan fingerprint density at radius 3 is 2.36 bits per heavy atom. The second-order valence-electron chi connectivity index (χ2n) is 9.08. The van der Waals surface area contributed by atoms with E-state index in [1.165, 1.54) is 12.8 Å². The SMILES string of the molecule is C[C@@H]1C[C@@H]1C(=O)N1CC2(C1)CN(CC1CC1)[C@@H](C(=O)N1CCC1)CO2. The van der Waals surface area contributed by atoms with Gasteiger partial charge in [-0.3, -0.25) is 14.5 Å². The first-order valence-corrected chi connectivity index (χ1v) is 10.0. The Balaban J connectivity index is 1.23. The highest BCUT2D eigenvalue weighted by atomic mass is 16.5. The minimum absolute atomic E-state index is 0.111. The van der Waals surface area contributed by atoms with Crippen molar-refractivity contribution >= 4 is 11.8 Å². The maximum Gasteiger partial charge on any atom is 0.242 e. The molecule has 2 amide bonds. The summed E-state index contributed by atoms with van der Waals surface area (Å²) in [6.45, 7) is 7.68. The third-order valence-electron chi connectivity index (χ3n) is 6.82. The van der Waals surface area contributed by atoms with Gasteiger partial charge in [0.15, 0.2) is 0 Å². The largest absolute Gasteiger partial charge is 0.368 e. The number of hydrogen-bond acceptors (Lipinski definition) is 4. The summed E-state index contributed by atoms with van der Waals surface area (Å²) in [5.41, 5.74) is -0.228. The molecule has 0 unspecified atom stereocenters. The Morgan fingerprint density at radius 2 is 1.80 bits per heavy atom. The lowest BCUT2D eigenvalue weighted by Crippen LogP contribution is -2.74. The third-order valence-corrected chi connectivity index (χ3v) is 6.82. The average Bonchev–Trinajstić information content (AvgIpc) is 3.40. The fourth-order valence-electron chi connectivity index (χ4n) is 4.58. The van der Waals surface area contributed by atoms with Gasteiger partial charge in [0.1, 0.15) is 11.6 Å². The van der Waals surface area contributed by atoms with Crippen LogP contribution in [0.4, 0.5) is 0 Å². The standard InChI is InChI=1S/C19H29N3O3/c1-13-7-15(13)17(23)22-11-19(12-22)10-21(8-14-3-4-14)16(9-25-19)18(24)20-5-2-6-20/h13-16H,2-12H2,1H3/t13-,15+,16-/m1/s1. The summed E-state index contributed by atoms with van der Waals surface area (Å²) in [7, 11) is 0. The lowest BCUT2D eigenvalue weighted by Gasteiger charge is -2.56. The van der Waals surface area contributed by atoms with Crippen molar-refractivity contribution < 1.29 is 14.3 Å². The van der Waals surface area contributed by atoms with Gasteiger partial charge < -0.3 is 14.5 Å². The number of carbonyl (C=O) groups is 2. The van der Waals surface area contributed by atoms with Gasteiger partial charge in [-0.15, -0.1) is 0 Å². The second-order valence-corrected chi connectivity index (χ2v) is 9.08. The van der Waals surface area contributed by atoms with Crippen molar-refractivity contribution in [1.82, 2.24) is 14.7 Å². The number of morpholine rings is 1. The van der Waals surface area contributed by atoms with Gasteiger partial charge >= 0.3 is 0 Å². The zero-order valence-corrected chi connectivity index (χ0v) is 15.2. The molecule has 0 radical (unpaired) electrons. The van der Waals surface area contributed by atoms with Crippen LogP contribution in [0, 0.1) is 17.8 Å². The van der Waals surface area contributed by atoms with E-state index in [2.05, 4.69) is 11.8 Å². The summed E-state index contributed by atoms with van der Waals surface area (Å²) in [6.07, 6.45) is 4.75. The first-order valence-electron chi connectivity index (χ1n) is 10.0. The Labute approximate surface area is 149 Å². The topological polar surface area (TPSA) is 53.1 Å². The third kappa shape index (κ3) is 2.87. The normalized spacial score (nSPS) is 36.8. The molecule has 5 fully saturated rings. The molecule has 6 nitrogen and oxygen atoms in total. The fourth-order valence-corrected chi connectivity index (χ4v) is 4.58.